The minimum atomic E-state index is -0.0731. The van der Waals surface area contributed by atoms with Gasteiger partial charge in [-0.25, -0.2) is 0 Å². The highest BCUT2D eigenvalue weighted by molar-refractivity contribution is 5.14. The van der Waals surface area contributed by atoms with Gasteiger partial charge in [-0.1, -0.05) is 30.3 Å². The van der Waals surface area contributed by atoms with E-state index in [2.05, 4.69) is 49.5 Å². The largest absolute Gasteiger partial charge is 0.379 e. The summed E-state index contributed by atoms with van der Waals surface area (Å²) in [5.41, 5.74) is 1.30. The number of nitrogens with one attached hydrogen (secondary N) is 1. The van der Waals surface area contributed by atoms with E-state index >= 15 is 0 Å². The first kappa shape index (κ1) is 14.5. The molecule has 0 aliphatic carbocycles. The van der Waals surface area contributed by atoms with Crippen molar-refractivity contribution in [1.82, 2.24) is 5.32 Å². The predicted octanol–water partition coefficient (Wildman–Crippen LogP) is 2.40. The van der Waals surface area contributed by atoms with E-state index in [1.165, 1.54) is 5.56 Å². The standard InChI is InChI=1S/C16H25NO2/c1-16(2)13-17-11-15(19-16)12-18-10-6-9-14-7-4-3-5-8-14/h3-5,7-8,15,17H,6,9-13H2,1-2H3. The maximum atomic E-state index is 5.95. The monoisotopic (exact) mass is 263 g/mol. The van der Waals surface area contributed by atoms with Gasteiger partial charge in [-0.2, -0.15) is 0 Å². The van der Waals surface area contributed by atoms with Gasteiger partial charge in [-0.3, -0.25) is 0 Å². The molecule has 0 amide bonds. The van der Waals surface area contributed by atoms with Crippen LogP contribution < -0.4 is 5.32 Å². The average Bonchev–Trinajstić information content (AvgIpc) is 2.38. The first-order valence-corrected chi connectivity index (χ1v) is 7.16. The lowest BCUT2D eigenvalue weighted by Crippen LogP contribution is -2.51. The molecule has 1 aromatic rings. The van der Waals surface area contributed by atoms with Gasteiger partial charge in [0.1, 0.15) is 0 Å². The van der Waals surface area contributed by atoms with Crippen LogP contribution in [0.5, 0.6) is 0 Å². The van der Waals surface area contributed by atoms with E-state index in [1.807, 2.05) is 0 Å². The van der Waals surface area contributed by atoms with Gasteiger partial charge in [-0.05, 0) is 32.3 Å². The fraction of sp³-hybridized carbons (Fsp3) is 0.625. The number of hydrogen-bond donors (Lipinski definition) is 1. The predicted molar refractivity (Wildman–Crippen MR) is 77.4 cm³/mol. The molecule has 106 valence electrons. The van der Waals surface area contributed by atoms with Crippen molar-refractivity contribution in [3.05, 3.63) is 35.9 Å². The van der Waals surface area contributed by atoms with Crippen molar-refractivity contribution in [3.63, 3.8) is 0 Å². The molecule has 19 heavy (non-hydrogen) atoms. The minimum absolute atomic E-state index is 0.0731. The van der Waals surface area contributed by atoms with E-state index in [4.69, 9.17) is 9.47 Å². The number of benzene rings is 1. The number of morpholine rings is 1. The number of hydrogen-bond acceptors (Lipinski definition) is 3. The van der Waals surface area contributed by atoms with Gasteiger partial charge in [0.15, 0.2) is 0 Å². The molecule has 1 heterocycles. The Kier molecular flexibility index (Phi) is 5.37. The van der Waals surface area contributed by atoms with Crippen molar-refractivity contribution in [2.45, 2.75) is 38.4 Å². The molecule has 1 atom stereocenters. The Morgan fingerprint density at radius 3 is 2.84 bits per heavy atom. The zero-order valence-electron chi connectivity index (χ0n) is 12.0. The van der Waals surface area contributed by atoms with Crippen molar-refractivity contribution in [2.75, 3.05) is 26.3 Å². The molecule has 1 aliphatic rings. The normalized spacial score (nSPS) is 22.3. The van der Waals surface area contributed by atoms with E-state index in [9.17, 15) is 0 Å². The SMILES string of the molecule is CC1(C)CNCC(COCCCc2ccccc2)O1. The zero-order chi connectivity index (χ0) is 13.6. The maximum Gasteiger partial charge on any atom is 0.0940 e. The summed E-state index contributed by atoms with van der Waals surface area (Å²) < 4.78 is 11.7. The van der Waals surface area contributed by atoms with Gasteiger partial charge >= 0.3 is 0 Å². The number of ether oxygens (including phenoxy) is 2. The Morgan fingerprint density at radius 1 is 1.32 bits per heavy atom. The molecule has 1 aliphatic heterocycles. The van der Waals surface area contributed by atoms with E-state index in [0.717, 1.165) is 32.5 Å². The molecule has 2 rings (SSSR count). The molecule has 0 radical (unpaired) electrons. The van der Waals surface area contributed by atoms with Crippen molar-refractivity contribution in [1.29, 1.82) is 0 Å². The highest BCUT2D eigenvalue weighted by Gasteiger charge is 2.28. The van der Waals surface area contributed by atoms with Gasteiger partial charge in [0.2, 0.25) is 0 Å². The van der Waals surface area contributed by atoms with Crippen molar-refractivity contribution in [3.8, 4) is 0 Å². The first-order chi connectivity index (χ1) is 9.16. The van der Waals surface area contributed by atoms with E-state index in [0.29, 0.717) is 6.61 Å². The van der Waals surface area contributed by atoms with Crippen LogP contribution in [0, 0.1) is 0 Å². The average molecular weight is 263 g/mol. The Hall–Kier alpha value is -0.900. The van der Waals surface area contributed by atoms with Gasteiger partial charge in [0, 0.05) is 19.7 Å². The Balaban J connectivity index is 1.57. The fourth-order valence-corrected chi connectivity index (χ4v) is 2.40. The van der Waals surface area contributed by atoms with E-state index in [1.54, 1.807) is 0 Å². The van der Waals surface area contributed by atoms with E-state index in [-0.39, 0.29) is 11.7 Å². The molecule has 1 unspecified atom stereocenters. The maximum absolute atomic E-state index is 5.95. The smallest absolute Gasteiger partial charge is 0.0940 e. The second-order valence-electron chi connectivity index (χ2n) is 5.79. The summed E-state index contributed by atoms with van der Waals surface area (Å²) in [4.78, 5) is 0. The molecule has 0 saturated carbocycles. The Bertz CT molecular complexity index is 364. The third kappa shape index (κ3) is 5.31. The lowest BCUT2D eigenvalue weighted by atomic mass is 10.1. The van der Waals surface area contributed by atoms with Crippen LogP contribution in [0.1, 0.15) is 25.8 Å². The van der Waals surface area contributed by atoms with Crippen LogP contribution in [0.3, 0.4) is 0 Å². The highest BCUT2D eigenvalue weighted by atomic mass is 16.5. The first-order valence-electron chi connectivity index (χ1n) is 7.16. The summed E-state index contributed by atoms with van der Waals surface area (Å²) in [5.74, 6) is 0. The molecule has 3 nitrogen and oxygen atoms in total. The summed E-state index contributed by atoms with van der Waals surface area (Å²) in [6.45, 7) is 7.52. The van der Waals surface area contributed by atoms with Crippen molar-refractivity contribution >= 4 is 0 Å². The van der Waals surface area contributed by atoms with Crippen LogP contribution in [0.4, 0.5) is 0 Å². The van der Waals surface area contributed by atoms with Crippen LogP contribution in [0.15, 0.2) is 30.3 Å². The molecule has 0 bridgehead atoms. The van der Waals surface area contributed by atoms with Gasteiger partial charge in [0.25, 0.3) is 0 Å². The summed E-state index contributed by atoms with van der Waals surface area (Å²) in [7, 11) is 0. The molecule has 1 N–H and O–H groups in total. The topological polar surface area (TPSA) is 30.5 Å². The molecule has 1 fully saturated rings. The lowest BCUT2D eigenvalue weighted by molar-refractivity contribution is -0.120. The molecule has 0 spiro atoms. The van der Waals surface area contributed by atoms with Gasteiger partial charge in [-0.15, -0.1) is 0 Å². The van der Waals surface area contributed by atoms with Crippen LogP contribution in [0.2, 0.25) is 0 Å². The third-order valence-electron chi connectivity index (χ3n) is 3.31. The third-order valence-corrected chi connectivity index (χ3v) is 3.31. The lowest BCUT2D eigenvalue weighted by Gasteiger charge is -2.36. The zero-order valence-corrected chi connectivity index (χ0v) is 12.0. The summed E-state index contributed by atoms with van der Waals surface area (Å²) in [5, 5.41) is 3.39. The quantitative estimate of drug-likeness (QED) is 0.800. The van der Waals surface area contributed by atoms with Crippen molar-refractivity contribution in [2.24, 2.45) is 0 Å². The molecular formula is C16H25NO2. The van der Waals surface area contributed by atoms with E-state index < -0.39 is 0 Å². The summed E-state index contributed by atoms with van der Waals surface area (Å²) in [6, 6.07) is 10.5. The molecule has 3 heteroatoms. The van der Waals surface area contributed by atoms with Gasteiger partial charge in [0.05, 0.1) is 18.3 Å². The minimum Gasteiger partial charge on any atom is -0.379 e. The second kappa shape index (κ2) is 7.04. The van der Waals surface area contributed by atoms with Crippen molar-refractivity contribution < 1.29 is 9.47 Å². The van der Waals surface area contributed by atoms with Crippen LogP contribution >= 0.6 is 0 Å². The second-order valence-corrected chi connectivity index (χ2v) is 5.79. The Labute approximate surface area is 116 Å². The summed E-state index contributed by atoms with van der Waals surface area (Å²) >= 11 is 0. The van der Waals surface area contributed by atoms with Crippen LogP contribution in [-0.2, 0) is 15.9 Å². The van der Waals surface area contributed by atoms with Crippen LogP contribution in [0.25, 0.3) is 0 Å². The number of rotatable bonds is 6. The van der Waals surface area contributed by atoms with Gasteiger partial charge < -0.3 is 14.8 Å². The molecule has 1 aromatic carbocycles. The molecule has 1 saturated heterocycles. The fourth-order valence-electron chi connectivity index (χ4n) is 2.40. The number of aryl methyl sites for hydroxylation is 1. The Morgan fingerprint density at radius 2 is 2.11 bits per heavy atom. The molecule has 0 aromatic heterocycles. The highest BCUT2D eigenvalue weighted by Crippen LogP contribution is 2.15. The van der Waals surface area contributed by atoms with Crippen LogP contribution in [-0.4, -0.2) is 38.0 Å². The molecular weight excluding hydrogens is 238 g/mol. The summed E-state index contributed by atoms with van der Waals surface area (Å²) in [6.07, 6.45) is 2.32.